The molecule has 4 aliphatic rings. The summed E-state index contributed by atoms with van der Waals surface area (Å²) < 4.78 is 15.0. The number of benzene rings is 1. The highest BCUT2D eigenvalue weighted by atomic mass is 19.1. The number of nitrogens with zero attached hydrogens (tertiary/aromatic N) is 3. The molecule has 35 heavy (non-hydrogen) atoms. The molecule has 0 spiro atoms. The normalized spacial score (nSPS) is 24.4. The summed E-state index contributed by atoms with van der Waals surface area (Å²) in [6.45, 7) is 3.83. The molecule has 0 radical (unpaired) electrons. The molecule has 9 heteroatoms. The summed E-state index contributed by atoms with van der Waals surface area (Å²) >= 11 is 0. The third-order valence-electron chi connectivity index (χ3n) is 7.65. The Labute approximate surface area is 202 Å². The van der Waals surface area contributed by atoms with Gasteiger partial charge >= 0.3 is 6.03 Å². The Balaban J connectivity index is 1.15. The van der Waals surface area contributed by atoms with E-state index in [1.165, 1.54) is 55.9 Å². The Kier molecular flexibility index (Phi) is 5.05. The first-order valence-electron chi connectivity index (χ1n) is 12.3. The van der Waals surface area contributed by atoms with Gasteiger partial charge in [0.15, 0.2) is 0 Å². The summed E-state index contributed by atoms with van der Waals surface area (Å²) in [4.78, 5) is 45.6. The molecule has 3 heterocycles. The molecule has 2 aliphatic heterocycles. The number of halogens is 1. The fraction of sp³-hybridized carbons (Fsp3) is 0.462. The van der Waals surface area contributed by atoms with Crippen molar-refractivity contribution in [2.45, 2.75) is 50.0 Å². The number of nitrogens with one attached hydrogen (secondary N) is 2. The first-order chi connectivity index (χ1) is 16.8. The third-order valence-corrected chi connectivity index (χ3v) is 7.65. The number of piperazine rings is 1. The van der Waals surface area contributed by atoms with Gasteiger partial charge < -0.3 is 15.1 Å². The fourth-order valence-corrected chi connectivity index (χ4v) is 5.18. The summed E-state index contributed by atoms with van der Waals surface area (Å²) in [5, 5.41) is 4.58. The summed E-state index contributed by atoms with van der Waals surface area (Å²) in [6.07, 6.45) is 6.97. The van der Waals surface area contributed by atoms with Gasteiger partial charge in [0, 0.05) is 43.5 Å². The van der Waals surface area contributed by atoms with Crippen molar-refractivity contribution in [2.75, 3.05) is 31.1 Å². The van der Waals surface area contributed by atoms with Crippen LogP contribution in [0.3, 0.4) is 0 Å². The highest BCUT2D eigenvalue weighted by molar-refractivity contribution is 6.07. The Hall–Kier alpha value is -3.49. The molecule has 4 amide bonds. The SMILES string of the molecule is C[C@@]1(c2ccc(C(=O)N3CCN(c4ncc(C5CC5)cc4C4CC4)CC3)cc2F)NC(=O)NC1=O. The van der Waals surface area contributed by atoms with Crippen LogP contribution in [0.2, 0.25) is 0 Å². The zero-order chi connectivity index (χ0) is 24.3. The maximum Gasteiger partial charge on any atom is 0.322 e. The van der Waals surface area contributed by atoms with E-state index in [1.54, 1.807) is 4.90 Å². The molecule has 0 bridgehead atoms. The first-order valence-corrected chi connectivity index (χ1v) is 12.3. The van der Waals surface area contributed by atoms with E-state index in [-0.39, 0.29) is 17.0 Å². The lowest BCUT2D eigenvalue weighted by Crippen LogP contribution is -2.49. The van der Waals surface area contributed by atoms with Crippen molar-refractivity contribution in [2.24, 2.45) is 0 Å². The van der Waals surface area contributed by atoms with Crippen molar-refractivity contribution in [1.29, 1.82) is 0 Å². The van der Waals surface area contributed by atoms with E-state index in [4.69, 9.17) is 4.98 Å². The number of anilines is 1. The van der Waals surface area contributed by atoms with Gasteiger partial charge in [0.1, 0.15) is 17.2 Å². The van der Waals surface area contributed by atoms with Crippen LogP contribution in [0, 0.1) is 5.82 Å². The lowest BCUT2D eigenvalue weighted by Gasteiger charge is -2.36. The van der Waals surface area contributed by atoms with Gasteiger partial charge in [-0.05, 0) is 67.7 Å². The standard InChI is InChI=1S/C26H28FN5O3/c1-26(24(34)29-25(35)30-26)20-7-6-17(13-21(20)27)23(33)32-10-8-31(9-11-32)22-19(16-4-5-16)12-18(14-28-22)15-2-3-15/h6-7,12-16H,2-5,8-11H2,1H3,(H2,29,30,34,35)/t26-/m0/s1. The van der Waals surface area contributed by atoms with E-state index in [1.807, 2.05) is 6.20 Å². The molecular weight excluding hydrogens is 449 g/mol. The average Bonchev–Trinajstić information content (AvgIpc) is 3.76. The van der Waals surface area contributed by atoms with Crippen molar-refractivity contribution < 1.29 is 18.8 Å². The zero-order valence-electron chi connectivity index (χ0n) is 19.6. The number of imide groups is 1. The van der Waals surface area contributed by atoms with Crippen LogP contribution >= 0.6 is 0 Å². The van der Waals surface area contributed by atoms with Gasteiger partial charge in [-0.3, -0.25) is 14.9 Å². The lowest BCUT2D eigenvalue weighted by molar-refractivity contribution is -0.123. The number of amides is 4. The number of carbonyl (C=O) groups excluding carboxylic acids is 3. The Morgan fingerprint density at radius 1 is 1.06 bits per heavy atom. The highest BCUT2D eigenvalue weighted by Gasteiger charge is 2.45. The predicted molar refractivity (Wildman–Crippen MR) is 127 cm³/mol. The average molecular weight is 478 g/mol. The van der Waals surface area contributed by atoms with Crippen LogP contribution in [0.15, 0.2) is 30.5 Å². The molecule has 1 atom stereocenters. The maximum atomic E-state index is 15.0. The van der Waals surface area contributed by atoms with E-state index in [9.17, 15) is 18.8 Å². The number of pyridine rings is 1. The zero-order valence-corrected chi connectivity index (χ0v) is 19.6. The largest absolute Gasteiger partial charge is 0.353 e. The quantitative estimate of drug-likeness (QED) is 0.646. The van der Waals surface area contributed by atoms with Crippen molar-refractivity contribution in [3.8, 4) is 0 Å². The molecule has 1 aromatic heterocycles. The van der Waals surface area contributed by atoms with Crippen molar-refractivity contribution in [3.05, 3.63) is 58.5 Å². The molecule has 0 unspecified atom stereocenters. The third kappa shape index (κ3) is 3.92. The molecule has 2 saturated heterocycles. The minimum Gasteiger partial charge on any atom is -0.353 e. The molecule has 182 valence electrons. The van der Waals surface area contributed by atoms with Crippen LogP contribution in [0.25, 0.3) is 0 Å². The van der Waals surface area contributed by atoms with E-state index >= 15 is 0 Å². The number of rotatable bonds is 5. The van der Waals surface area contributed by atoms with Gasteiger partial charge in [-0.25, -0.2) is 14.2 Å². The first kappa shape index (κ1) is 22.0. The number of aromatic nitrogens is 1. The topological polar surface area (TPSA) is 94.6 Å². The highest BCUT2D eigenvalue weighted by Crippen LogP contribution is 2.47. The summed E-state index contributed by atoms with van der Waals surface area (Å²) in [6, 6.07) is 5.75. The van der Waals surface area contributed by atoms with E-state index in [2.05, 4.69) is 21.6 Å². The monoisotopic (exact) mass is 477 g/mol. The van der Waals surface area contributed by atoms with Gasteiger partial charge in [0.05, 0.1) is 0 Å². The second kappa shape index (κ2) is 8.03. The minimum absolute atomic E-state index is 0.0237. The number of urea groups is 1. The van der Waals surface area contributed by atoms with Gasteiger partial charge in [0.25, 0.3) is 11.8 Å². The number of hydrogen-bond donors (Lipinski definition) is 2. The molecule has 2 N–H and O–H groups in total. The van der Waals surface area contributed by atoms with Crippen LogP contribution in [-0.4, -0.2) is 53.9 Å². The smallest absolute Gasteiger partial charge is 0.322 e. The minimum atomic E-state index is -1.50. The van der Waals surface area contributed by atoms with Gasteiger partial charge in [-0.15, -0.1) is 0 Å². The molecule has 2 saturated carbocycles. The summed E-state index contributed by atoms with van der Waals surface area (Å²) in [7, 11) is 0. The van der Waals surface area contributed by atoms with Gasteiger partial charge in [-0.2, -0.15) is 0 Å². The summed E-state index contributed by atoms with van der Waals surface area (Å²) in [5.41, 5.74) is 1.45. The number of carbonyl (C=O) groups is 3. The van der Waals surface area contributed by atoms with E-state index in [0.717, 1.165) is 11.9 Å². The maximum absolute atomic E-state index is 15.0. The molecular formula is C26H28FN5O3. The molecule has 6 rings (SSSR count). The van der Waals surface area contributed by atoms with E-state index in [0.29, 0.717) is 38.0 Å². The Bertz CT molecular complexity index is 1230. The van der Waals surface area contributed by atoms with Crippen LogP contribution in [0.5, 0.6) is 0 Å². The van der Waals surface area contributed by atoms with Gasteiger partial charge in [-0.1, -0.05) is 12.1 Å². The molecule has 2 aliphatic carbocycles. The lowest BCUT2D eigenvalue weighted by atomic mass is 9.91. The second-order valence-corrected chi connectivity index (χ2v) is 10.2. The van der Waals surface area contributed by atoms with Crippen molar-refractivity contribution in [3.63, 3.8) is 0 Å². The molecule has 8 nitrogen and oxygen atoms in total. The van der Waals surface area contributed by atoms with Crippen LogP contribution in [0.1, 0.15) is 71.5 Å². The van der Waals surface area contributed by atoms with Gasteiger partial charge in [0.2, 0.25) is 0 Å². The Morgan fingerprint density at radius 2 is 1.77 bits per heavy atom. The molecule has 2 aromatic rings. The van der Waals surface area contributed by atoms with Crippen LogP contribution in [0.4, 0.5) is 15.0 Å². The molecule has 4 fully saturated rings. The number of hydrogen-bond acceptors (Lipinski definition) is 5. The predicted octanol–water partition coefficient (Wildman–Crippen LogP) is 2.99. The van der Waals surface area contributed by atoms with Crippen LogP contribution in [-0.2, 0) is 10.3 Å². The Morgan fingerprint density at radius 3 is 2.37 bits per heavy atom. The fourth-order valence-electron chi connectivity index (χ4n) is 5.18. The second-order valence-electron chi connectivity index (χ2n) is 10.2. The van der Waals surface area contributed by atoms with Crippen molar-refractivity contribution >= 4 is 23.7 Å². The molecule has 1 aromatic carbocycles. The van der Waals surface area contributed by atoms with E-state index < -0.39 is 23.3 Å². The van der Waals surface area contributed by atoms with Crippen molar-refractivity contribution in [1.82, 2.24) is 20.5 Å². The summed E-state index contributed by atoms with van der Waals surface area (Å²) in [5.74, 6) is 0.747. The van der Waals surface area contributed by atoms with Crippen LogP contribution < -0.4 is 15.5 Å².